The summed E-state index contributed by atoms with van der Waals surface area (Å²) in [5, 5.41) is 0. The lowest BCUT2D eigenvalue weighted by Crippen LogP contribution is -2.30. The van der Waals surface area contributed by atoms with Crippen molar-refractivity contribution in [2.24, 2.45) is 5.84 Å². The van der Waals surface area contributed by atoms with Crippen LogP contribution in [0.25, 0.3) is 0 Å². The predicted molar refractivity (Wildman–Crippen MR) is 68.8 cm³/mol. The number of nitrogens with two attached hydrogens (primary N) is 2. The molecule has 1 aromatic heterocycles. The third-order valence-corrected chi connectivity index (χ3v) is 2.85. The van der Waals surface area contributed by atoms with E-state index in [1.807, 2.05) is 0 Å². The Morgan fingerprint density at radius 3 is 2.72 bits per heavy atom. The van der Waals surface area contributed by atoms with Crippen LogP contribution in [-0.2, 0) is 6.42 Å². The highest BCUT2D eigenvalue weighted by Crippen LogP contribution is 2.22. The van der Waals surface area contributed by atoms with Gasteiger partial charge in [-0.2, -0.15) is 0 Å². The van der Waals surface area contributed by atoms with Crippen molar-refractivity contribution in [2.75, 3.05) is 5.73 Å². The smallest absolute Gasteiger partial charge is 0.128 e. The largest absolute Gasteiger partial charge is 0.398 e. The third kappa shape index (κ3) is 2.64. The summed E-state index contributed by atoms with van der Waals surface area (Å²) < 4.78 is 13.7. The lowest BCUT2D eigenvalue weighted by molar-refractivity contribution is 0.510. The minimum atomic E-state index is -0.335. The van der Waals surface area contributed by atoms with Crippen LogP contribution in [0.3, 0.4) is 0 Å². The zero-order valence-electron chi connectivity index (χ0n) is 9.81. The molecule has 0 radical (unpaired) electrons. The van der Waals surface area contributed by atoms with Crippen LogP contribution < -0.4 is 17.0 Å². The summed E-state index contributed by atoms with van der Waals surface area (Å²) in [5.74, 6) is 5.20. The Balaban J connectivity index is 2.26. The first-order chi connectivity index (χ1) is 8.72. The molecular formula is C13H15FN4. The number of halogens is 1. The predicted octanol–water partition coefficient (Wildman–Crippen LogP) is 1.55. The van der Waals surface area contributed by atoms with E-state index in [-0.39, 0.29) is 11.9 Å². The maximum Gasteiger partial charge on any atom is 0.128 e. The second kappa shape index (κ2) is 5.57. The van der Waals surface area contributed by atoms with Crippen LogP contribution in [0.2, 0.25) is 0 Å². The Labute approximate surface area is 105 Å². The summed E-state index contributed by atoms with van der Waals surface area (Å²) >= 11 is 0. The molecule has 5 heteroatoms. The number of nitrogens with one attached hydrogen (secondary N) is 1. The maximum atomic E-state index is 13.7. The molecule has 94 valence electrons. The summed E-state index contributed by atoms with van der Waals surface area (Å²) in [7, 11) is 0. The van der Waals surface area contributed by atoms with E-state index in [1.165, 1.54) is 6.07 Å². The summed E-state index contributed by atoms with van der Waals surface area (Å²) in [6.07, 6.45) is 3.77. The van der Waals surface area contributed by atoms with Crippen molar-refractivity contribution in [3.8, 4) is 0 Å². The minimum absolute atomic E-state index is 0.289. The number of nitrogen functional groups attached to an aromatic ring is 1. The Hall–Kier alpha value is -1.98. The van der Waals surface area contributed by atoms with Gasteiger partial charge >= 0.3 is 0 Å². The van der Waals surface area contributed by atoms with Crippen LogP contribution in [-0.4, -0.2) is 4.98 Å². The van der Waals surface area contributed by atoms with Gasteiger partial charge in [0.25, 0.3) is 0 Å². The van der Waals surface area contributed by atoms with Gasteiger partial charge in [-0.05, 0) is 24.1 Å². The Morgan fingerprint density at radius 1 is 1.28 bits per heavy atom. The van der Waals surface area contributed by atoms with Crippen molar-refractivity contribution in [2.45, 2.75) is 12.5 Å². The fourth-order valence-corrected chi connectivity index (χ4v) is 1.84. The molecule has 1 unspecified atom stereocenters. The number of pyridine rings is 1. The van der Waals surface area contributed by atoms with Crippen LogP contribution in [0.5, 0.6) is 0 Å². The first-order valence-electron chi connectivity index (χ1n) is 5.61. The average Bonchev–Trinajstić information content (AvgIpc) is 2.39. The number of hydrazine groups is 1. The first-order valence-corrected chi connectivity index (χ1v) is 5.61. The van der Waals surface area contributed by atoms with Gasteiger partial charge in [-0.15, -0.1) is 0 Å². The molecule has 0 spiro atoms. The number of hydrogen-bond acceptors (Lipinski definition) is 4. The molecule has 0 aliphatic rings. The minimum Gasteiger partial charge on any atom is -0.398 e. The molecule has 1 atom stereocenters. The normalized spacial score (nSPS) is 12.3. The van der Waals surface area contributed by atoms with Crippen LogP contribution in [0.15, 0.2) is 42.7 Å². The zero-order valence-corrected chi connectivity index (χ0v) is 9.81. The number of rotatable bonds is 4. The lowest BCUT2D eigenvalue weighted by atomic mass is 9.99. The molecule has 0 saturated heterocycles. The first kappa shape index (κ1) is 12.5. The molecule has 0 aliphatic carbocycles. The zero-order chi connectivity index (χ0) is 13.0. The third-order valence-electron chi connectivity index (χ3n) is 2.85. The standard InChI is InChI=1S/C13H15FN4/c14-11-4-2-1-3-10(11)13(18-16)7-9-8-17-6-5-12(9)15/h1-6,8,13,18H,7,16H2,(H2,15,17). The van der Waals surface area contributed by atoms with E-state index >= 15 is 0 Å². The molecule has 1 heterocycles. The van der Waals surface area contributed by atoms with E-state index in [4.69, 9.17) is 11.6 Å². The van der Waals surface area contributed by atoms with E-state index in [9.17, 15) is 4.39 Å². The van der Waals surface area contributed by atoms with Gasteiger partial charge in [-0.1, -0.05) is 18.2 Å². The summed E-state index contributed by atoms with van der Waals surface area (Å²) in [6.45, 7) is 0. The molecule has 0 amide bonds. The van der Waals surface area contributed by atoms with E-state index < -0.39 is 0 Å². The van der Waals surface area contributed by atoms with E-state index in [2.05, 4.69) is 10.4 Å². The summed E-state index contributed by atoms with van der Waals surface area (Å²) in [5.41, 5.74) is 10.4. The SMILES string of the molecule is NNC(Cc1cnccc1N)c1ccccc1F. The number of aromatic nitrogens is 1. The highest BCUT2D eigenvalue weighted by atomic mass is 19.1. The van der Waals surface area contributed by atoms with Crippen molar-refractivity contribution in [1.29, 1.82) is 0 Å². The lowest BCUT2D eigenvalue weighted by Gasteiger charge is -2.17. The van der Waals surface area contributed by atoms with Crippen LogP contribution >= 0.6 is 0 Å². The van der Waals surface area contributed by atoms with Gasteiger partial charge in [0.05, 0.1) is 6.04 Å². The highest BCUT2D eigenvalue weighted by molar-refractivity contribution is 5.45. The average molecular weight is 246 g/mol. The number of benzene rings is 1. The molecule has 0 aliphatic heterocycles. The van der Waals surface area contributed by atoms with Crippen molar-refractivity contribution in [1.82, 2.24) is 10.4 Å². The molecule has 2 rings (SSSR count). The molecule has 5 N–H and O–H groups in total. The molecule has 0 fully saturated rings. The van der Waals surface area contributed by atoms with Crippen molar-refractivity contribution < 1.29 is 4.39 Å². The van der Waals surface area contributed by atoms with E-state index in [1.54, 1.807) is 36.7 Å². The number of anilines is 1. The molecule has 0 saturated carbocycles. The molecule has 4 nitrogen and oxygen atoms in total. The van der Waals surface area contributed by atoms with Gasteiger partial charge in [0.1, 0.15) is 5.82 Å². The van der Waals surface area contributed by atoms with Crippen LogP contribution in [0.1, 0.15) is 17.2 Å². The van der Waals surface area contributed by atoms with Gasteiger partial charge in [0.15, 0.2) is 0 Å². The van der Waals surface area contributed by atoms with Crippen molar-refractivity contribution in [3.05, 3.63) is 59.7 Å². The topological polar surface area (TPSA) is 77.0 Å². The van der Waals surface area contributed by atoms with Crippen LogP contribution in [0.4, 0.5) is 10.1 Å². The van der Waals surface area contributed by atoms with Crippen LogP contribution in [0, 0.1) is 5.82 Å². The fourth-order valence-electron chi connectivity index (χ4n) is 1.84. The summed E-state index contributed by atoms with van der Waals surface area (Å²) in [6, 6.07) is 7.90. The Bertz CT molecular complexity index is 530. The molecule has 2 aromatic rings. The van der Waals surface area contributed by atoms with Crippen molar-refractivity contribution in [3.63, 3.8) is 0 Å². The van der Waals surface area contributed by atoms with Crippen molar-refractivity contribution >= 4 is 5.69 Å². The maximum absolute atomic E-state index is 13.7. The van der Waals surface area contributed by atoms with E-state index in [0.717, 1.165) is 5.56 Å². The van der Waals surface area contributed by atoms with Gasteiger partial charge in [0, 0.05) is 23.6 Å². The molecular weight excluding hydrogens is 231 g/mol. The van der Waals surface area contributed by atoms with Gasteiger partial charge < -0.3 is 5.73 Å². The summed E-state index contributed by atoms with van der Waals surface area (Å²) in [4.78, 5) is 4.01. The molecule has 1 aromatic carbocycles. The second-order valence-electron chi connectivity index (χ2n) is 4.02. The number of hydrogen-bond donors (Lipinski definition) is 3. The molecule has 18 heavy (non-hydrogen) atoms. The van der Waals surface area contributed by atoms with E-state index in [0.29, 0.717) is 17.7 Å². The fraction of sp³-hybridized carbons (Fsp3) is 0.154. The number of nitrogens with zero attached hydrogens (tertiary/aromatic N) is 1. The highest BCUT2D eigenvalue weighted by Gasteiger charge is 2.15. The van der Waals surface area contributed by atoms with Gasteiger partial charge in [-0.25, -0.2) is 4.39 Å². The Kier molecular flexibility index (Phi) is 3.86. The second-order valence-corrected chi connectivity index (χ2v) is 4.02. The molecule has 0 bridgehead atoms. The quantitative estimate of drug-likeness (QED) is 0.565. The van der Waals surface area contributed by atoms with Gasteiger partial charge in [0.2, 0.25) is 0 Å². The van der Waals surface area contributed by atoms with Gasteiger partial charge in [-0.3, -0.25) is 16.3 Å². The monoisotopic (exact) mass is 246 g/mol. The Morgan fingerprint density at radius 2 is 2.06 bits per heavy atom.